The Labute approximate surface area is 84.5 Å². The zero-order valence-electron chi connectivity index (χ0n) is 9.03. The van der Waals surface area contributed by atoms with Gasteiger partial charge in [0.2, 0.25) is 0 Å². The van der Waals surface area contributed by atoms with Crippen molar-refractivity contribution >= 4 is 6.09 Å². The number of aliphatic hydroxyl groups excluding tert-OH is 1. The summed E-state index contributed by atoms with van der Waals surface area (Å²) in [7, 11) is 0. The smallest absolute Gasteiger partial charge is 0.407 e. The van der Waals surface area contributed by atoms with Crippen molar-refractivity contribution in [1.82, 2.24) is 4.90 Å². The third-order valence-electron chi connectivity index (χ3n) is 2.89. The molecule has 2 atom stereocenters. The zero-order chi connectivity index (χ0) is 10.9. The van der Waals surface area contributed by atoms with Crippen molar-refractivity contribution in [2.45, 2.75) is 33.2 Å². The third-order valence-corrected chi connectivity index (χ3v) is 2.89. The highest BCUT2D eigenvalue weighted by Crippen LogP contribution is 2.36. The molecule has 1 rings (SSSR count). The van der Waals surface area contributed by atoms with Gasteiger partial charge in [0.15, 0.2) is 0 Å². The molecule has 1 fully saturated rings. The van der Waals surface area contributed by atoms with Gasteiger partial charge in [0.05, 0.1) is 0 Å². The maximum atomic E-state index is 11.0. The summed E-state index contributed by atoms with van der Waals surface area (Å²) >= 11 is 0. The second-order valence-corrected chi connectivity index (χ2v) is 5.02. The molecule has 0 aromatic carbocycles. The minimum atomic E-state index is -0.874. The first-order valence-electron chi connectivity index (χ1n) is 4.98. The van der Waals surface area contributed by atoms with E-state index in [1.54, 1.807) is 0 Å². The first kappa shape index (κ1) is 11.3. The number of rotatable bonds is 1. The van der Waals surface area contributed by atoms with E-state index in [9.17, 15) is 9.90 Å². The SMILES string of the molecule is CC(C)(C)C1C(CO)CCN1C(=O)O. The summed E-state index contributed by atoms with van der Waals surface area (Å²) in [6, 6.07) is -0.0648. The Morgan fingerprint density at radius 2 is 2.07 bits per heavy atom. The van der Waals surface area contributed by atoms with Crippen LogP contribution in [-0.4, -0.2) is 40.4 Å². The van der Waals surface area contributed by atoms with Crippen LogP contribution in [0.1, 0.15) is 27.2 Å². The van der Waals surface area contributed by atoms with E-state index in [4.69, 9.17) is 5.11 Å². The van der Waals surface area contributed by atoms with E-state index in [-0.39, 0.29) is 24.0 Å². The molecule has 1 aliphatic rings. The molecule has 82 valence electrons. The molecule has 0 saturated carbocycles. The molecule has 4 heteroatoms. The second-order valence-electron chi connectivity index (χ2n) is 5.02. The van der Waals surface area contributed by atoms with E-state index in [0.717, 1.165) is 6.42 Å². The fourth-order valence-corrected chi connectivity index (χ4v) is 2.44. The fourth-order valence-electron chi connectivity index (χ4n) is 2.44. The molecule has 2 unspecified atom stereocenters. The Morgan fingerprint density at radius 3 is 2.43 bits per heavy atom. The molecule has 1 amide bonds. The summed E-state index contributed by atoms with van der Waals surface area (Å²) in [4.78, 5) is 12.4. The van der Waals surface area contributed by atoms with Crippen LogP contribution in [0.15, 0.2) is 0 Å². The van der Waals surface area contributed by atoms with Gasteiger partial charge in [0.25, 0.3) is 0 Å². The average Bonchev–Trinajstić information content (AvgIpc) is 2.45. The Morgan fingerprint density at radius 1 is 1.50 bits per heavy atom. The largest absolute Gasteiger partial charge is 0.465 e. The number of likely N-dealkylation sites (tertiary alicyclic amines) is 1. The number of carbonyl (C=O) groups is 1. The van der Waals surface area contributed by atoms with Gasteiger partial charge in [0.1, 0.15) is 0 Å². The Hall–Kier alpha value is -0.770. The van der Waals surface area contributed by atoms with Gasteiger partial charge in [0, 0.05) is 25.1 Å². The normalized spacial score (nSPS) is 28.1. The van der Waals surface area contributed by atoms with E-state index in [2.05, 4.69) is 0 Å². The Kier molecular flexibility index (Phi) is 3.04. The lowest BCUT2D eigenvalue weighted by atomic mass is 9.80. The first-order chi connectivity index (χ1) is 6.38. The molecule has 0 bridgehead atoms. The zero-order valence-corrected chi connectivity index (χ0v) is 9.03. The number of aliphatic hydroxyl groups is 1. The molecule has 0 aromatic heterocycles. The van der Waals surface area contributed by atoms with Crippen molar-refractivity contribution in [2.24, 2.45) is 11.3 Å². The summed E-state index contributed by atoms with van der Waals surface area (Å²) < 4.78 is 0. The predicted molar refractivity (Wildman–Crippen MR) is 53.2 cm³/mol. The van der Waals surface area contributed by atoms with Crippen LogP contribution in [0.4, 0.5) is 4.79 Å². The maximum Gasteiger partial charge on any atom is 0.407 e. The third kappa shape index (κ3) is 2.00. The summed E-state index contributed by atoms with van der Waals surface area (Å²) in [6.07, 6.45) is -0.106. The van der Waals surface area contributed by atoms with Crippen LogP contribution >= 0.6 is 0 Å². The van der Waals surface area contributed by atoms with E-state index >= 15 is 0 Å². The van der Waals surface area contributed by atoms with E-state index in [0.29, 0.717) is 6.54 Å². The van der Waals surface area contributed by atoms with E-state index in [1.165, 1.54) is 4.90 Å². The van der Waals surface area contributed by atoms with Gasteiger partial charge in [-0.05, 0) is 11.8 Å². The van der Waals surface area contributed by atoms with E-state index in [1.807, 2.05) is 20.8 Å². The minimum absolute atomic E-state index is 0.0648. The fraction of sp³-hybridized carbons (Fsp3) is 0.900. The summed E-state index contributed by atoms with van der Waals surface area (Å²) in [5.41, 5.74) is -0.109. The van der Waals surface area contributed by atoms with Crippen molar-refractivity contribution in [2.75, 3.05) is 13.2 Å². The lowest BCUT2D eigenvalue weighted by Crippen LogP contribution is -2.46. The molecular weight excluding hydrogens is 182 g/mol. The quantitative estimate of drug-likeness (QED) is 0.674. The molecule has 1 aliphatic heterocycles. The monoisotopic (exact) mass is 201 g/mol. The highest BCUT2D eigenvalue weighted by Gasteiger charge is 2.43. The van der Waals surface area contributed by atoms with Gasteiger partial charge < -0.3 is 15.1 Å². The van der Waals surface area contributed by atoms with Crippen LogP contribution in [0.2, 0.25) is 0 Å². The maximum absolute atomic E-state index is 11.0. The molecule has 1 heterocycles. The minimum Gasteiger partial charge on any atom is -0.465 e. The number of amides is 1. The molecule has 14 heavy (non-hydrogen) atoms. The number of hydrogen-bond donors (Lipinski definition) is 2. The van der Waals surface area contributed by atoms with Gasteiger partial charge in [-0.2, -0.15) is 0 Å². The van der Waals surface area contributed by atoms with Gasteiger partial charge in [-0.3, -0.25) is 0 Å². The Balaban J connectivity index is 2.86. The van der Waals surface area contributed by atoms with Crippen molar-refractivity contribution < 1.29 is 15.0 Å². The second kappa shape index (κ2) is 3.77. The first-order valence-corrected chi connectivity index (χ1v) is 4.98. The predicted octanol–water partition coefficient (Wildman–Crippen LogP) is 1.39. The van der Waals surface area contributed by atoms with Gasteiger partial charge in [-0.15, -0.1) is 0 Å². The summed E-state index contributed by atoms with van der Waals surface area (Å²) in [5.74, 6) is 0.0890. The molecule has 0 aromatic rings. The lowest BCUT2D eigenvalue weighted by molar-refractivity contribution is 0.0750. The van der Waals surface area contributed by atoms with Crippen LogP contribution < -0.4 is 0 Å². The van der Waals surface area contributed by atoms with Crippen LogP contribution in [0.3, 0.4) is 0 Å². The molecule has 4 nitrogen and oxygen atoms in total. The summed E-state index contributed by atoms with van der Waals surface area (Å²) in [6.45, 7) is 6.67. The topological polar surface area (TPSA) is 60.8 Å². The van der Waals surface area contributed by atoms with Crippen LogP contribution in [0.25, 0.3) is 0 Å². The van der Waals surface area contributed by atoms with Gasteiger partial charge in [-0.1, -0.05) is 20.8 Å². The number of hydrogen-bond acceptors (Lipinski definition) is 2. The molecular formula is C10H19NO3. The highest BCUT2D eigenvalue weighted by atomic mass is 16.4. The molecule has 1 saturated heterocycles. The van der Waals surface area contributed by atoms with Crippen molar-refractivity contribution in [3.63, 3.8) is 0 Å². The van der Waals surface area contributed by atoms with Crippen LogP contribution in [-0.2, 0) is 0 Å². The molecule has 0 spiro atoms. The number of carboxylic acid groups (broad SMARTS) is 1. The molecule has 2 N–H and O–H groups in total. The Bertz CT molecular complexity index is 222. The highest BCUT2D eigenvalue weighted by molar-refractivity contribution is 5.66. The van der Waals surface area contributed by atoms with Gasteiger partial charge >= 0.3 is 6.09 Å². The standard InChI is InChI=1S/C10H19NO3/c1-10(2,3)8-7(6-12)4-5-11(8)9(13)14/h7-8,12H,4-6H2,1-3H3,(H,13,14). The van der Waals surface area contributed by atoms with Crippen molar-refractivity contribution in [3.8, 4) is 0 Å². The van der Waals surface area contributed by atoms with Crippen molar-refractivity contribution in [3.05, 3.63) is 0 Å². The lowest BCUT2D eigenvalue weighted by Gasteiger charge is -2.36. The average molecular weight is 201 g/mol. The summed E-state index contributed by atoms with van der Waals surface area (Å²) in [5, 5.41) is 18.2. The molecule has 0 radical (unpaired) electrons. The van der Waals surface area contributed by atoms with Gasteiger partial charge in [-0.25, -0.2) is 4.79 Å². The number of nitrogens with zero attached hydrogens (tertiary/aromatic N) is 1. The van der Waals surface area contributed by atoms with Crippen molar-refractivity contribution in [1.29, 1.82) is 0 Å². The van der Waals surface area contributed by atoms with Crippen LogP contribution in [0, 0.1) is 11.3 Å². The van der Waals surface area contributed by atoms with E-state index < -0.39 is 6.09 Å². The molecule has 0 aliphatic carbocycles. The van der Waals surface area contributed by atoms with Crippen LogP contribution in [0.5, 0.6) is 0 Å².